The molecule has 0 unspecified atom stereocenters. The van der Waals surface area contributed by atoms with E-state index in [1.54, 1.807) is 11.0 Å². The smallest absolute Gasteiger partial charge is 0.254 e. The quantitative estimate of drug-likeness (QED) is 0.766. The van der Waals surface area contributed by atoms with Crippen LogP contribution in [-0.2, 0) is 4.79 Å². The Hall–Kier alpha value is -2.75. The van der Waals surface area contributed by atoms with E-state index < -0.39 is 0 Å². The van der Waals surface area contributed by atoms with Crippen LogP contribution in [0.15, 0.2) is 18.2 Å². The van der Waals surface area contributed by atoms with E-state index in [2.05, 4.69) is 5.32 Å². The maximum Gasteiger partial charge on any atom is 0.254 e. The zero-order valence-electron chi connectivity index (χ0n) is 12.7. The van der Waals surface area contributed by atoms with Gasteiger partial charge in [-0.1, -0.05) is 0 Å². The third kappa shape index (κ3) is 4.61. The molecule has 1 saturated heterocycles. The highest BCUT2D eigenvalue weighted by Gasteiger charge is 2.24. The topological polar surface area (TPSA) is 114 Å². The third-order valence-corrected chi connectivity index (χ3v) is 3.88. The summed E-state index contributed by atoms with van der Waals surface area (Å²) in [4.78, 5) is 25.3. The van der Waals surface area contributed by atoms with Crippen LogP contribution in [0.4, 0.5) is 0 Å². The molecule has 0 atom stereocenters. The molecular weight excluding hydrogens is 298 g/mol. The lowest BCUT2D eigenvalue weighted by molar-refractivity contribution is -0.120. The highest BCUT2D eigenvalue weighted by Crippen LogP contribution is 2.23. The van der Waals surface area contributed by atoms with Gasteiger partial charge in [0.25, 0.3) is 5.91 Å². The van der Waals surface area contributed by atoms with E-state index in [1.807, 2.05) is 0 Å². The van der Waals surface area contributed by atoms with E-state index in [9.17, 15) is 19.8 Å². The Bertz CT molecular complexity index is 610. The Morgan fingerprint density at radius 2 is 1.83 bits per heavy atom. The number of nitrogens with zero attached hydrogens (tertiary/aromatic N) is 2. The molecule has 1 aliphatic heterocycles. The summed E-state index contributed by atoms with van der Waals surface area (Å²) in [6, 6.07) is 5.63. The van der Waals surface area contributed by atoms with Gasteiger partial charge in [0.1, 0.15) is 17.9 Å². The molecule has 7 heteroatoms. The van der Waals surface area contributed by atoms with Crippen LogP contribution in [0, 0.1) is 17.2 Å². The van der Waals surface area contributed by atoms with Gasteiger partial charge in [-0.25, -0.2) is 0 Å². The van der Waals surface area contributed by atoms with E-state index in [1.165, 1.54) is 18.2 Å². The maximum atomic E-state index is 12.4. The number of hydrogen-bond donors (Lipinski definition) is 3. The molecule has 3 N–H and O–H groups in total. The van der Waals surface area contributed by atoms with Crippen LogP contribution < -0.4 is 5.32 Å². The van der Waals surface area contributed by atoms with Gasteiger partial charge < -0.3 is 20.4 Å². The predicted molar refractivity (Wildman–Crippen MR) is 81.6 cm³/mol. The summed E-state index contributed by atoms with van der Waals surface area (Å²) in [5, 5.41) is 30.0. The summed E-state index contributed by atoms with van der Waals surface area (Å²) in [5.74, 6) is -0.532. The number of nitrogens with one attached hydrogen (secondary N) is 1. The Morgan fingerprint density at radius 1 is 1.22 bits per heavy atom. The number of amides is 2. The van der Waals surface area contributed by atoms with E-state index in [4.69, 9.17) is 5.26 Å². The maximum absolute atomic E-state index is 12.4. The van der Waals surface area contributed by atoms with Crippen molar-refractivity contribution in [2.45, 2.75) is 19.3 Å². The summed E-state index contributed by atoms with van der Waals surface area (Å²) in [6.07, 6.45) is 1.37. The average molecular weight is 317 g/mol. The highest BCUT2D eigenvalue weighted by atomic mass is 16.3. The summed E-state index contributed by atoms with van der Waals surface area (Å²) in [6.45, 7) is 1.61. The second-order valence-corrected chi connectivity index (χ2v) is 5.61. The number of aromatic hydroxyl groups is 2. The number of piperidine rings is 1. The first-order chi connectivity index (χ1) is 11.0. The first-order valence-corrected chi connectivity index (χ1v) is 7.45. The molecule has 0 spiro atoms. The number of hydrogen-bond acceptors (Lipinski definition) is 5. The van der Waals surface area contributed by atoms with Gasteiger partial charge in [0.2, 0.25) is 5.91 Å². The molecule has 0 radical (unpaired) electrons. The van der Waals surface area contributed by atoms with Gasteiger partial charge in [0.05, 0.1) is 6.07 Å². The minimum atomic E-state index is -0.277. The number of likely N-dealkylation sites (tertiary alicyclic amines) is 1. The average Bonchev–Trinajstić information content (AvgIpc) is 2.52. The number of benzene rings is 1. The van der Waals surface area contributed by atoms with Crippen LogP contribution in [0.3, 0.4) is 0 Å². The van der Waals surface area contributed by atoms with Gasteiger partial charge >= 0.3 is 0 Å². The summed E-state index contributed by atoms with van der Waals surface area (Å²) in [7, 11) is 0. The molecule has 7 nitrogen and oxygen atoms in total. The number of carbonyl (C=O) groups is 2. The number of phenolic OH excluding ortho intramolecular Hbond substituents is 2. The zero-order chi connectivity index (χ0) is 16.8. The molecule has 122 valence electrons. The molecule has 1 aromatic carbocycles. The fourth-order valence-electron chi connectivity index (χ4n) is 2.63. The van der Waals surface area contributed by atoms with Crippen molar-refractivity contribution < 1.29 is 19.8 Å². The molecule has 0 bridgehead atoms. The molecule has 1 aromatic rings. The second kappa shape index (κ2) is 7.49. The van der Waals surface area contributed by atoms with Gasteiger partial charge in [-0.3, -0.25) is 9.59 Å². The largest absolute Gasteiger partial charge is 0.508 e. The van der Waals surface area contributed by atoms with Crippen LogP contribution in [0.1, 0.15) is 29.6 Å². The molecule has 1 aliphatic rings. The standard InChI is InChI=1S/C16H19N3O4/c17-4-1-15(22)18-10-11-2-5-19(6-3-11)16(23)12-7-13(20)9-14(21)8-12/h7-9,11,20-21H,1-3,5-6,10H2,(H,18,22). The molecule has 1 heterocycles. The summed E-state index contributed by atoms with van der Waals surface area (Å²) in [5.41, 5.74) is 0.253. The number of nitriles is 1. The Balaban J connectivity index is 1.85. The van der Waals surface area contributed by atoms with Gasteiger partial charge in [-0.2, -0.15) is 5.26 Å². The minimum Gasteiger partial charge on any atom is -0.508 e. The number of carbonyl (C=O) groups excluding carboxylic acids is 2. The zero-order valence-corrected chi connectivity index (χ0v) is 12.7. The monoisotopic (exact) mass is 317 g/mol. The molecule has 0 aliphatic carbocycles. The van der Waals surface area contributed by atoms with E-state index in [0.29, 0.717) is 19.6 Å². The molecule has 2 rings (SSSR count). The molecule has 0 aromatic heterocycles. The van der Waals surface area contributed by atoms with Crippen molar-refractivity contribution in [2.24, 2.45) is 5.92 Å². The van der Waals surface area contributed by atoms with Crippen molar-refractivity contribution in [2.75, 3.05) is 19.6 Å². The summed E-state index contributed by atoms with van der Waals surface area (Å²) < 4.78 is 0. The Kier molecular flexibility index (Phi) is 5.41. The first kappa shape index (κ1) is 16.6. The van der Waals surface area contributed by atoms with E-state index >= 15 is 0 Å². The first-order valence-electron chi connectivity index (χ1n) is 7.45. The molecular formula is C16H19N3O4. The van der Waals surface area contributed by atoms with Crippen molar-refractivity contribution in [1.82, 2.24) is 10.2 Å². The third-order valence-electron chi connectivity index (χ3n) is 3.88. The van der Waals surface area contributed by atoms with Gasteiger partial charge in [0, 0.05) is 31.3 Å². The van der Waals surface area contributed by atoms with Crippen LogP contribution >= 0.6 is 0 Å². The molecule has 0 saturated carbocycles. The number of phenols is 2. The highest BCUT2D eigenvalue weighted by molar-refractivity contribution is 5.95. The fraction of sp³-hybridized carbons (Fsp3) is 0.438. The van der Waals surface area contributed by atoms with Crippen LogP contribution in [0.2, 0.25) is 0 Å². The van der Waals surface area contributed by atoms with Crippen LogP contribution in [-0.4, -0.2) is 46.6 Å². The SMILES string of the molecule is N#CCC(=O)NCC1CCN(C(=O)c2cc(O)cc(O)c2)CC1. The lowest BCUT2D eigenvalue weighted by Crippen LogP contribution is -2.41. The van der Waals surface area contributed by atoms with Crippen molar-refractivity contribution in [3.63, 3.8) is 0 Å². The van der Waals surface area contributed by atoms with Gasteiger partial charge in [0.15, 0.2) is 0 Å². The lowest BCUT2D eigenvalue weighted by Gasteiger charge is -2.32. The normalized spacial score (nSPS) is 15.0. The van der Waals surface area contributed by atoms with Crippen LogP contribution in [0.25, 0.3) is 0 Å². The van der Waals surface area contributed by atoms with Gasteiger partial charge in [-0.15, -0.1) is 0 Å². The van der Waals surface area contributed by atoms with E-state index in [0.717, 1.165) is 12.8 Å². The molecule has 1 fully saturated rings. The lowest BCUT2D eigenvalue weighted by atomic mass is 9.96. The van der Waals surface area contributed by atoms with Crippen LogP contribution in [0.5, 0.6) is 11.5 Å². The van der Waals surface area contributed by atoms with Crippen molar-refractivity contribution >= 4 is 11.8 Å². The predicted octanol–water partition coefficient (Wildman–Crippen LogP) is 0.980. The Morgan fingerprint density at radius 3 is 2.39 bits per heavy atom. The Labute approximate surface area is 134 Å². The minimum absolute atomic E-state index is 0.141. The summed E-state index contributed by atoms with van der Waals surface area (Å²) >= 11 is 0. The fourth-order valence-corrected chi connectivity index (χ4v) is 2.63. The van der Waals surface area contributed by atoms with Crippen molar-refractivity contribution in [3.8, 4) is 17.6 Å². The number of rotatable bonds is 4. The molecule has 2 amide bonds. The van der Waals surface area contributed by atoms with Gasteiger partial charge in [-0.05, 0) is 30.9 Å². The second-order valence-electron chi connectivity index (χ2n) is 5.61. The van der Waals surface area contributed by atoms with E-state index in [-0.39, 0.29) is 41.2 Å². The molecule has 23 heavy (non-hydrogen) atoms. The van der Waals surface area contributed by atoms with Crippen molar-refractivity contribution in [3.05, 3.63) is 23.8 Å². The van der Waals surface area contributed by atoms with Crippen molar-refractivity contribution in [1.29, 1.82) is 5.26 Å².